The predicted octanol–water partition coefficient (Wildman–Crippen LogP) is 3.79. The number of hydrogen-bond acceptors (Lipinski definition) is 2. The van der Waals surface area contributed by atoms with Gasteiger partial charge in [0, 0.05) is 10.6 Å². The molecule has 1 aliphatic carbocycles. The molecule has 2 rings (SSSR count). The van der Waals surface area contributed by atoms with Gasteiger partial charge in [0.15, 0.2) is 0 Å². The molecule has 0 unspecified atom stereocenters. The Balaban J connectivity index is 2.12. The van der Waals surface area contributed by atoms with Gasteiger partial charge in [0.05, 0.1) is 5.56 Å². The fourth-order valence-corrected chi connectivity index (χ4v) is 1.94. The predicted molar refractivity (Wildman–Crippen MR) is 69.7 cm³/mol. The van der Waals surface area contributed by atoms with Crippen LogP contribution in [0, 0.1) is 0 Å². The number of aromatic carboxylic acids is 1. The summed E-state index contributed by atoms with van der Waals surface area (Å²) in [6.45, 7) is 0.207. The van der Waals surface area contributed by atoms with Crippen LogP contribution in [0.2, 0.25) is 5.02 Å². The van der Waals surface area contributed by atoms with Crippen molar-refractivity contribution in [1.29, 1.82) is 0 Å². The highest BCUT2D eigenvalue weighted by atomic mass is 35.5. The Morgan fingerprint density at radius 1 is 1.39 bits per heavy atom. The number of halogens is 1. The number of ether oxygens (including phenoxy) is 1. The second kappa shape index (κ2) is 5.74. The molecule has 0 aromatic heterocycles. The van der Waals surface area contributed by atoms with E-state index in [2.05, 4.69) is 0 Å². The fourth-order valence-electron chi connectivity index (χ4n) is 1.75. The molecule has 1 aliphatic rings. The van der Waals surface area contributed by atoms with Crippen LogP contribution < -0.4 is 0 Å². The van der Waals surface area contributed by atoms with E-state index in [-0.39, 0.29) is 12.2 Å². The van der Waals surface area contributed by atoms with E-state index in [0.717, 1.165) is 18.6 Å². The lowest BCUT2D eigenvalue weighted by Gasteiger charge is -2.11. The summed E-state index contributed by atoms with van der Waals surface area (Å²) in [6, 6.07) is 4.68. The molecule has 0 bridgehead atoms. The van der Waals surface area contributed by atoms with Gasteiger partial charge in [0.25, 0.3) is 0 Å². The number of hydrogen-bond donors (Lipinski definition) is 1. The quantitative estimate of drug-likeness (QED) is 0.900. The van der Waals surface area contributed by atoms with Crippen LogP contribution in [0.5, 0.6) is 0 Å². The lowest BCUT2D eigenvalue weighted by atomic mass is 10.1. The van der Waals surface area contributed by atoms with E-state index in [9.17, 15) is 4.79 Å². The number of carboxylic acid groups (broad SMARTS) is 1. The molecule has 0 amide bonds. The van der Waals surface area contributed by atoms with Gasteiger partial charge in [-0.1, -0.05) is 17.7 Å². The Hall–Kier alpha value is -1.74. The molecule has 0 radical (unpaired) electrons. The molecule has 0 aliphatic heterocycles. The van der Waals surface area contributed by atoms with E-state index < -0.39 is 5.97 Å². The summed E-state index contributed by atoms with van der Waals surface area (Å²) in [4.78, 5) is 11.1. The van der Waals surface area contributed by atoms with Gasteiger partial charge in [-0.2, -0.15) is 0 Å². The molecule has 0 heterocycles. The number of carbonyl (C=O) groups is 1. The Bertz CT molecular complexity index is 518. The molecule has 0 spiro atoms. The molecule has 0 saturated carbocycles. The van der Waals surface area contributed by atoms with E-state index in [1.165, 1.54) is 6.07 Å². The maximum atomic E-state index is 11.1. The Labute approximate surface area is 110 Å². The van der Waals surface area contributed by atoms with Gasteiger partial charge in [0.2, 0.25) is 0 Å². The average Bonchev–Trinajstić information content (AvgIpc) is 2.37. The fraction of sp³-hybridized carbons (Fsp3) is 0.214. The van der Waals surface area contributed by atoms with Gasteiger partial charge in [0.1, 0.15) is 12.4 Å². The van der Waals surface area contributed by atoms with Gasteiger partial charge in [-0.25, -0.2) is 4.79 Å². The van der Waals surface area contributed by atoms with Crippen LogP contribution in [0.4, 0.5) is 0 Å². The normalized spacial score (nSPS) is 14.2. The topological polar surface area (TPSA) is 46.5 Å². The SMILES string of the molecule is O=C(O)c1ccc(Cl)cc1COC1=CCCC=C1. The molecule has 18 heavy (non-hydrogen) atoms. The molecule has 0 fully saturated rings. The first-order valence-electron chi connectivity index (χ1n) is 5.68. The van der Waals surface area contributed by atoms with Crippen molar-refractivity contribution >= 4 is 17.6 Å². The molecule has 0 atom stereocenters. The van der Waals surface area contributed by atoms with E-state index in [0.29, 0.717) is 10.6 Å². The first kappa shape index (κ1) is 12.7. The van der Waals surface area contributed by atoms with Crippen LogP contribution in [0.1, 0.15) is 28.8 Å². The van der Waals surface area contributed by atoms with Gasteiger partial charge in [-0.3, -0.25) is 0 Å². The summed E-state index contributed by atoms with van der Waals surface area (Å²) in [5, 5.41) is 9.57. The third-order valence-corrected chi connectivity index (χ3v) is 2.89. The van der Waals surface area contributed by atoms with Gasteiger partial charge < -0.3 is 9.84 Å². The monoisotopic (exact) mass is 264 g/mol. The van der Waals surface area contributed by atoms with Gasteiger partial charge in [-0.15, -0.1) is 0 Å². The van der Waals surface area contributed by atoms with Crippen LogP contribution in [-0.2, 0) is 11.3 Å². The molecular formula is C14H13ClO3. The first-order chi connectivity index (χ1) is 8.66. The van der Waals surface area contributed by atoms with Crippen LogP contribution in [0.3, 0.4) is 0 Å². The number of benzene rings is 1. The summed E-state index contributed by atoms with van der Waals surface area (Å²) >= 11 is 5.87. The van der Waals surface area contributed by atoms with Crippen molar-refractivity contribution in [3.05, 3.63) is 58.3 Å². The summed E-state index contributed by atoms with van der Waals surface area (Å²) < 4.78 is 5.57. The smallest absolute Gasteiger partial charge is 0.336 e. The second-order valence-corrected chi connectivity index (χ2v) is 4.42. The average molecular weight is 265 g/mol. The summed E-state index contributed by atoms with van der Waals surface area (Å²) in [5.41, 5.74) is 0.801. The molecule has 1 aromatic carbocycles. The van der Waals surface area contributed by atoms with Crippen molar-refractivity contribution in [3.8, 4) is 0 Å². The van der Waals surface area contributed by atoms with Crippen LogP contribution in [0.25, 0.3) is 0 Å². The number of allylic oxidation sites excluding steroid dienone is 3. The summed E-state index contributed by atoms with van der Waals surface area (Å²) in [5.74, 6) is -0.198. The molecule has 1 aromatic rings. The standard InChI is InChI=1S/C14H13ClO3/c15-11-6-7-13(14(16)17)10(8-11)9-18-12-4-2-1-3-5-12/h2,4-8H,1,3,9H2,(H,16,17). The van der Waals surface area contributed by atoms with E-state index >= 15 is 0 Å². The van der Waals surface area contributed by atoms with Crippen molar-refractivity contribution in [2.24, 2.45) is 0 Å². The maximum Gasteiger partial charge on any atom is 0.336 e. The zero-order valence-electron chi connectivity index (χ0n) is 9.73. The number of carboxylic acids is 1. The molecule has 0 saturated heterocycles. The highest BCUT2D eigenvalue weighted by molar-refractivity contribution is 6.30. The molecule has 1 N–H and O–H groups in total. The van der Waals surface area contributed by atoms with Gasteiger partial charge in [-0.05, 0) is 43.2 Å². The number of rotatable bonds is 4. The zero-order valence-corrected chi connectivity index (χ0v) is 10.5. The Morgan fingerprint density at radius 3 is 2.89 bits per heavy atom. The Morgan fingerprint density at radius 2 is 2.22 bits per heavy atom. The minimum atomic E-state index is -0.974. The Kier molecular flexibility index (Phi) is 4.05. The van der Waals surface area contributed by atoms with Crippen LogP contribution in [-0.4, -0.2) is 11.1 Å². The minimum Gasteiger partial charge on any atom is -0.489 e. The summed E-state index contributed by atoms with van der Waals surface area (Å²) in [7, 11) is 0. The van der Waals surface area contributed by atoms with Crippen molar-refractivity contribution in [3.63, 3.8) is 0 Å². The van der Waals surface area contributed by atoms with Crippen LogP contribution >= 0.6 is 11.6 Å². The highest BCUT2D eigenvalue weighted by Crippen LogP contribution is 2.19. The summed E-state index contributed by atoms with van der Waals surface area (Å²) in [6.07, 6.45) is 7.89. The van der Waals surface area contributed by atoms with Crippen molar-refractivity contribution in [2.45, 2.75) is 19.4 Å². The highest BCUT2D eigenvalue weighted by Gasteiger charge is 2.11. The lowest BCUT2D eigenvalue weighted by Crippen LogP contribution is -2.04. The zero-order chi connectivity index (χ0) is 13.0. The van der Waals surface area contributed by atoms with E-state index in [1.54, 1.807) is 12.1 Å². The van der Waals surface area contributed by atoms with Crippen molar-refractivity contribution < 1.29 is 14.6 Å². The largest absolute Gasteiger partial charge is 0.489 e. The molecular weight excluding hydrogens is 252 g/mol. The third-order valence-electron chi connectivity index (χ3n) is 2.65. The minimum absolute atomic E-state index is 0.207. The first-order valence-corrected chi connectivity index (χ1v) is 6.06. The second-order valence-electron chi connectivity index (χ2n) is 3.98. The van der Waals surface area contributed by atoms with Gasteiger partial charge >= 0.3 is 5.97 Å². The van der Waals surface area contributed by atoms with E-state index in [1.807, 2.05) is 18.2 Å². The van der Waals surface area contributed by atoms with Crippen molar-refractivity contribution in [2.75, 3.05) is 0 Å². The third kappa shape index (κ3) is 3.14. The molecule has 3 nitrogen and oxygen atoms in total. The van der Waals surface area contributed by atoms with E-state index in [4.69, 9.17) is 21.4 Å². The van der Waals surface area contributed by atoms with Crippen molar-refractivity contribution in [1.82, 2.24) is 0 Å². The van der Waals surface area contributed by atoms with Crippen LogP contribution in [0.15, 0.2) is 42.2 Å². The lowest BCUT2D eigenvalue weighted by molar-refractivity contribution is 0.0692. The maximum absolute atomic E-state index is 11.1. The molecule has 4 heteroatoms. The molecule has 94 valence electrons.